The predicted molar refractivity (Wildman–Crippen MR) is 91.1 cm³/mol. The largest absolute Gasteiger partial charge is 0.417 e. The van der Waals surface area contributed by atoms with Crippen LogP contribution in [0, 0.1) is 0 Å². The quantitative estimate of drug-likeness (QED) is 0.460. The monoisotopic (exact) mass is 452 g/mol. The van der Waals surface area contributed by atoms with Crippen molar-refractivity contribution >= 4 is 27.8 Å². The zero-order chi connectivity index (χ0) is 22.5. The van der Waals surface area contributed by atoms with Crippen molar-refractivity contribution in [2.24, 2.45) is 0 Å². The highest BCUT2D eigenvalue weighted by Gasteiger charge is 2.23. The van der Waals surface area contributed by atoms with E-state index in [4.69, 9.17) is 0 Å². The van der Waals surface area contributed by atoms with Gasteiger partial charge >= 0.3 is 19.3 Å². The van der Waals surface area contributed by atoms with E-state index < -0.39 is 57.7 Å². The number of nitrogens with zero attached hydrogens (tertiary/aromatic N) is 2. The first-order chi connectivity index (χ1) is 14.0. The highest BCUT2D eigenvalue weighted by molar-refractivity contribution is 7.90. The van der Waals surface area contributed by atoms with Crippen molar-refractivity contribution in [3.63, 3.8) is 0 Å². The van der Waals surface area contributed by atoms with Crippen molar-refractivity contribution in [1.29, 1.82) is 0 Å². The van der Waals surface area contributed by atoms with Gasteiger partial charge in [-0.25, -0.2) is 17.9 Å². The van der Waals surface area contributed by atoms with Crippen molar-refractivity contribution in [2.75, 3.05) is 5.32 Å². The number of ether oxygens (including phenoxy) is 2. The number of nitrogens with one attached hydrogen (secondary N) is 2. The van der Waals surface area contributed by atoms with Crippen molar-refractivity contribution in [3.8, 4) is 11.8 Å². The Labute approximate surface area is 166 Å². The fraction of sp³-hybridized carbons (Fsp3) is 0.200. The van der Waals surface area contributed by atoms with E-state index in [2.05, 4.69) is 19.4 Å². The fourth-order valence-corrected chi connectivity index (χ4v) is 3.22. The molecule has 1 aromatic heterocycles. The molecule has 10 nitrogen and oxygen atoms in total. The van der Waals surface area contributed by atoms with Crippen LogP contribution in [-0.4, -0.2) is 43.4 Å². The average molecular weight is 452 g/mol. The third kappa shape index (κ3) is 6.26. The maximum Gasteiger partial charge on any atom is 0.388 e. The van der Waals surface area contributed by atoms with E-state index in [9.17, 15) is 35.6 Å². The Bertz CT molecular complexity index is 1020. The summed E-state index contributed by atoms with van der Waals surface area (Å²) in [6.07, 6.45) is 0. The Morgan fingerprint density at radius 2 is 1.53 bits per heavy atom. The number of hydrogen-bond acceptors (Lipinski definition) is 8. The summed E-state index contributed by atoms with van der Waals surface area (Å²) >= 11 is 0. The van der Waals surface area contributed by atoms with Crippen LogP contribution in [0.3, 0.4) is 0 Å². The predicted octanol–water partition coefficient (Wildman–Crippen LogP) is 2.39. The second kappa shape index (κ2) is 9.34. The molecule has 0 aliphatic rings. The first kappa shape index (κ1) is 22.8. The van der Waals surface area contributed by atoms with Gasteiger partial charge in [-0.1, -0.05) is 18.2 Å². The number of sulfonamides is 1. The number of rotatable bonds is 8. The SMILES string of the molecule is CC(=O)c1ccccc1S(=O)(=O)NC(=O)Nc1nc(OC(F)F)cc(OC(F)F)n1. The minimum atomic E-state index is -4.55. The maximum atomic E-state index is 12.4. The number of ketones is 1. The van der Waals surface area contributed by atoms with Crippen molar-refractivity contribution in [2.45, 2.75) is 25.0 Å². The van der Waals surface area contributed by atoms with E-state index in [0.717, 1.165) is 13.0 Å². The summed E-state index contributed by atoms with van der Waals surface area (Å²) in [5.41, 5.74) is -0.200. The lowest BCUT2D eigenvalue weighted by molar-refractivity contribution is -0.0579. The molecule has 0 saturated carbocycles. The van der Waals surface area contributed by atoms with E-state index in [1.54, 1.807) is 10.0 Å². The van der Waals surface area contributed by atoms with Crippen LogP contribution in [-0.2, 0) is 10.0 Å². The van der Waals surface area contributed by atoms with Gasteiger partial charge in [0.15, 0.2) is 5.78 Å². The molecule has 0 atom stereocenters. The Morgan fingerprint density at radius 1 is 1.00 bits per heavy atom. The lowest BCUT2D eigenvalue weighted by atomic mass is 10.1. The van der Waals surface area contributed by atoms with Gasteiger partial charge in [0.05, 0.1) is 11.0 Å². The molecule has 0 aliphatic carbocycles. The number of urea groups is 1. The molecule has 0 fully saturated rings. The highest BCUT2D eigenvalue weighted by atomic mass is 32.2. The summed E-state index contributed by atoms with van der Waals surface area (Å²) in [6, 6.07) is 4.02. The summed E-state index contributed by atoms with van der Waals surface area (Å²) in [4.78, 5) is 29.7. The lowest BCUT2D eigenvalue weighted by Crippen LogP contribution is -2.35. The van der Waals surface area contributed by atoms with E-state index in [1.165, 1.54) is 18.2 Å². The summed E-state index contributed by atoms with van der Waals surface area (Å²) in [6.45, 7) is -5.66. The molecule has 15 heteroatoms. The number of aromatic nitrogens is 2. The van der Waals surface area contributed by atoms with Crippen molar-refractivity contribution in [1.82, 2.24) is 14.7 Å². The molecule has 0 aliphatic heterocycles. The average Bonchev–Trinajstić information content (AvgIpc) is 2.59. The van der Waals surface area contributed by atoms with Gasteiger partial charge in [0.25, 0.3) is 10.0 Å². The van der Waals surface area contributed by atoms with E-state index in [0.29, 0.717) is 6.07 Å². The van der Waals surface area contributed by atoms with Gasteiger partial charge in [-0.15, -0.1) is 0 Å². The molecular formula is C15H12F4N4O6S. The van der Waals surface area contributed by atoms with Gasteiger partial charge in [0, 0.05) is 5.56 Å². The van der Waals surface area contributed by atoms with Gasteiger partial charge in [-0.05, 0) is 13.0 Å². The minimum absolute atomic E-state index is 0.200. The molecule has 0 spiro atoms. The number of carbonyl (C=O) groups is 2. The zero-order valence-electron chi connectivity index (χ0n) is 14.8. The molecule has 0 unspecified atom stereocenters. The molecular weight excluding hydrogens is 440 g/mol. The lowest BCUT2D eigenvalue weighted by Gasteiger charge is -2.12. The number of amides is 2. The Kier molecular flexibility index (Phi) is 7.10. The van der Waals surface area contributed by atoms with E-state index in [-0.39, 0.29) is 5.56 Å². The molecule has 162 valence electrons. The molecule has 0 radical (unpaired) electrons. The number of hydrogen-bond donors (Lipinski definition) is 2. The number of carbonyl (C=O) groups excluding carboxylic acids is 2. The highest BCUT2D eigenvalue weighted by Crippen LogP contribution is 2.21. The Hall–Kier alpha value is -3.49. The molecule has 2 aromatic rings. The first-order valence-corrected chi connectivity index (χ1v) is 9.18. The third-order valence-corrected chi connectivity index (χ3v) is 4.50. The van der Waals surface area contributed by atoms with Crippen LogP contribution in [0.1, 0.15) is 17.3 Å². The van der Waals surface area contributed by atoms with Gasteiger partial charge in [-0.2, -0.15) is 27.5 Å². The molecule has 2 rings (SSSR count). The molecule has 1 aromatic carbocycles. The number of anilines is 1. The second-order valence-corrected chi connectivity index (χ2v) is 6.89. The van der Waals surface area contributed by atoms with Crippen LogP contribution in [0.4, 0.5) is 28.3 Å². The van der Waals surface area contributed by atoms with E-state index >= 15 is 0 Å². The maximum absolute atomic E-state index is 12.4. The minimum Gasteiger partial charge on any atom is -0.417 e. The van der Waals surface area contributed by atoms with Crippen LogP contribution in [0.2, 0.25) is 0 Å². The second-order valence-electron chi connectivity index (χ2n) is 5.24. The molecule has 1 heterocycles. The standard InChI is InChI=1S/C15H12F4N4O6S/c1-7(24)8-4-2-3-5-9(8)30(26,27)23-15(25)22-14-20-10(28-12(16)17)6-11(21-14)29-13(18)19/h2-6,12-13H,1H3,(H2,20,21,22,23,25). The van der Waals surface area contributed by atoms with Crippen LogP contribution in [0.5, 0.6) is 11.8 Å². The van der Waals surface area contributed by atoms with Gasteiger partial charge < -0.3 is 9.47 Å². The fourth-order valence-electron chi connectivity index (χ4n) is 2.06. The molecule has 2 N–H and O–H groups in total. The van der Waals surface area contributed by atoms with Gasteiger partial charge in [-0.3, -0.25) is 10.1 Å². The van der Waals surface area contributed by atoms with E-state index in [1.807, 2.05) is 0 Å². The number of alkyl halides is 4. The van der Waals surface area contributed by atoms with Gasteiger partial charge in [0.2, 0.25) is 17.7 Å². The normalized spacial score (nSPS) is 11.3. The number of benzene rings is 1. The molecule has 2 amide bonds. The summed E-state index contributed by atoms with van der Waals surface area (Å²) in [5.74, 6) is -3.34. The third-order valence-electron chi connectivity index (χ3n) is 3.11. The first-order valence-electron chi connectivity index (χ1n) is 7.70. The smallest absolute Gasteiger partial charge is 0.388 e. The van der Waals surface area contributed by atoms with Crippen molar-refractivity contribution in [3.05, 3.63) is 35.9 Å². The zero-order valence-corrected chi connectivity index (χ0v) is 15.6. The summed E-state index contributed by atoms with van der Waals surface area (Å²) in [7, 11) is -4.55. The van der Waals surface area contributed by atoms with Crippen LogP contribution < -0.4 is 19.5 Å². The number of Topliss-reactive ketones (excluding diaryl/α,β-unsaturated/α-hetero) is 1. The Morgan fingerprint density at radius 3 is 2.03 bits per heavy atom. The Balaban J connectivity index is 2.26. The van der Waals surface area contributed by atoms with Crippen LogP contribution in [0.25, 0.3) is 0 Å². The topological polar surface area (TPSA) is 137 Å². The van der Waals surface area contributed by atoms with Gasteiger partial charge in [0.1, 0.15) is 0 Å². The summed E-state index contributed by atoms with van der Waals surface area (Å²) < 4.78 is 83.5. The number of halogens is 4. The molecule has 0 bridgehead atoms. The summed E-state index contributed by atoms with van der Waals surface area (Å²) in [5, 5.41) is 1.76. The van der Waals surface area contributed by atoms with Crippen molar-refractivity contribution < 1.29 is 45.0 Å². The molecule has 0 saturated heterocycles. The molecule has 30 heavy (non-hydrogen) atoms. The van der Waals surface area contributed by atoms with Crippen LogP contribution >= 0.6 is 0 Å². The van der Waals surface area contributed by atoms with Crippen LogP contribution in [0.15, 0.2) is 35.2 Å².